The van der Waals surface area contributed by atoms with Gasteiger partial charge in [0, 0.05) is 19.6 Å². The van der Waals surface area contributed by atoms with Crippen LogP contribution in [0.15, 0.2) is 6.20 Å². The van der Waals surface area contributed by atoms with Gasteiger partial charge in [-0.2, -0.15) is 5.10 Å². The number of carbonyl (C=O) groups excluding carboxylic acids is 1. The van der Waals surface area contributed by atoms with Gasteiger partial charge in [0.2, 0.25) is 0 Å². The maximum atomic E-state index is 11.9. The Kier molecular flexibility index (Phi) is 5.39. The molecule has 0 aliphatic heterocycles. The summed E-state index contributed by atoms with van der Waals surface area (Å²) in [7, 11) is 1.87. The van der Waals surface area contributed by atoms with Crippen LogP contribution < -0.4 is 5.32 Å². The molecule has 0 spiro atoms. The smallest absolute Gasteiger partial charge is 0.341 e. The minimum Gasteiger partial charge on any atom is -0.462 e. The van der Waals surface area contributed by atoms with Crippen LogP contribution in [0.4, 0.5) is 0 Å². The van der Waals surface area contributed by atoms with E-state index in [0.717, 1.165) is 17.5 Å². The van der Waals surface area contributed by atoms with Gasteiger partial charge in [-0.1, -0.05) is 13.8 Å². The summed E-state index contributed by atoms with van der Waals surface area (Å²) in [5.41, 5.74) is 1.48. The van der Waals surface area contributed by atoms with Crippen LogP contribution in [-0.4, -0.2) is 28.4 Å². The molecule has 0 saturated heterocycles. The van der Waals surface area contributed by atoms with Crippen LogP contribution in [0.3, 0.4) is 0 Å². The van der Waals surface area contributed by atoms with E-state index in [1.165, 1.54) is 19.3 Å². The molecule has 1 aliphatic rings. The van der Waals surface area contributed by atoms with Crippen LogP contribution in [0, 0.1) is 11.8 Å². The first-order chi connectivity index (χ1) is 10.0. The number of aryl methyl sites for hydroxylation is 1. The van der Waals surface area contributed by atoms with Crippen molar-refractivity contribution < 1.29 is 9.53 Å². The van der Waals surface area contributed by atoms with Gasteiger partial charge in [0.05, 0.1) is 18.5 Å². The third-order valence-corrected chi connectivity index (χ3v) is 4.71. The molecule has 1 aromatic heterocycles. The number of nitrogens with one attached hydrogen (secondary N) is 1. The Labute approximate surface area is 127 Å². The summed E-state index contributed by atoms with van der Waals surface area (Å²) in [5.74, 6) is 1.29. The van der Waals surface area contributed by atoms with E-state index in [0.29, 0.717) is 24.8 Å². The second kappa shape index (κ2) is 7.07. The molecule has 0 aromatic carbocycles. The number of esters is 1. The van der Waals surface area contributed by atoms with Crippen molar-refractivity contribution in [1.82, 2.24) is 15.1 Å². The SMILES string of the molecule is CCOC(=O)c1cnn(C)c1CNC1CCC(C)C(C)C1. The van der Waals surface area contributed by atoms with E-state index in [9.17, 15) is 4.79 Å². The summed E-state index contributed by atoms with van der Waals surface area (Å²) < 4.78 is 6.84. The first-order valence-electron chi connectivity index (χ1n) is 7.94. The largest absolute Gasteiger partial charge is 0.462 e. The highest BCUT2D eigenvalue weighted by Gasteiger charge is 2.25. The Morgan fingerprint density at radius 2 is 2.19 bits per heavy atom. The van der Waals surface area contributed by atoms with Crippen LogP contribution in [0.2, 0.25) is 0 Å². The normalized spacial score (nSPS) is 25.8. The van der Waals surface area contributed by atoms with Gasteiger partial charge in [0.15, 0.2) is 0 Å². The van der Waals surface area contributed by atoms with Gasteiger partial charge in [-0.3, -0.25) is 4.68 Å². The molecule has 1 fully saturated rings. The van der Waals surface area contributed by atoms with Crippen LogP contribution in [0.25, 0.3) is 0 Å². The van der Waals surface area contributed by atoms with Gasteiger partial charge in [0.1, 0.15) is 5.56 Å². The Bertz CT molecular complexity index is 484. The summed E-state index contributed by atoms with van der Waals surface area (Å²) in [4.78, 5) is 11.9. The zero-order valence-electron chi connectivity index (χ0n) is 13.6. The maximum Gasteiger partial charge on any atom is 0.341 e. The van der Waals surface area contributed by atoms with E-state index < -0.39 is 0 Å². The number of carbonyl (C=O) groups is 1. The standard InChI is InChI=1S/C16H27N3O2/c1-5-21-16(20)14-9-18-19(4)15(14)10-17-13-7-6-11(2)12(3)8-13/h9,11-13,17H,5-8,10H2,1-4H3. The van der Waals surface area contributed by atoms with Gasteiger partial charge in [-0.05, 0) is 38.0 Å². The molecule has 118 valence electrons. The third kappa shape index (κ3) is 3.84. The second-order valence-electron chi connectivity index (χ2n) is 6.19. The van der Waals surface area contributed by atoms with Crippen molar-refractivity contribution in [3.8, 4) is 0 Å². The monoisotopic (exact) mass is 293 g/mol. The molecule has 21 heavy (non-hydrogen) atoms. The molecule has 0 amide bonds. The third-order valence-electron chi connectivity index (χ3n) is 4.71. The lowest BCUT2D eigenvalue weighted by atomic mass is 9.79. The molecule has 0 radical (unpaired) electrons. The van der Waals surface area contributed by atoms with E-state index >= 15 is 0 Å². The lowest BCUT2D eigenvalue weighted by Crippen LogP contribution is -2.36. The Hall–Kier alpha value is -1.36. The number of aromatic nitrogens is 2. The second-order valence-corrected chi connectivity index (χ2v) is 6.19. The first-order valence-corrected chi connectivity index (χ1v) is 7.94. The molecule has 1 N–H and O–H groups in total. The lowest BCUT2D eigenvalue weighted by molar-refractivity contribution is 0.0524. The average molecular weight is 293 g/mol. The minimum atomic E-state index is -0.284. The van der Waals surface area contributed by atoms with Crippen molar-refractivity contribution in [3.63, 3.8) is 0 Å². The maximum absolute atomic E-state index is 11.9. The summed E-state index contributed by atoms with van der Waals surface area (Å²) in [6.07, 6.45) is 5.28. The lowest BCUT2D eigenvalue weighted by Gasteiger charge is -2.32. The van der Waals surface area contributed by atoms with Crippen LogP contribution in [0.1, 0.15) is 56.1 Å². The minimum absolute atomic E-state index is 0.284. The van der Waals surface area contributed by atoms with E-state index in [1.807, 2.05) is 14.0 Å². The van der Waals surface area contributed by atoms with Crippen LogP contribution >= 0.6 is 0 Å². The zero-order valence-corrected chi connectivity index (χ0v) is 13.6. The van der Waals surface area contributed by atoms with E-state index in [2.05, 4.69) is 24.3 Å². The van der Waals surface area contributed by atoms with E-state index in [-0.39, 0.29) is 5.97 Å². The molecule has 1 aliphatic carbocycles. The summed E-state index contributed by atoms with van der Waals surface area (Å²) >= 11 is 0. The van der Waals surface area contributed by atoms with Crippen molar-refractivity contribution in [2.45, 2.75) is 52.6 Å². The number of hydrogen-bond acceptors (Lipinski definition) is 4. The predicted molar refractivity (Wildman–Crippen MR) is 82.0 cm³/mol. The van der Waals surface area contributed by atoms with E-state index in [1.54, 1.807) is 10.9 Å². The average Bonchev–Trinajstić information content (AvgIpc) is 2.82. The van der Waals surface area contributed by atoms with Gasteiger partial charge in [0.25, 0.3) is 0 Å². The van der Waals surface area contributed by atoms with Crippen molar-refractivity contribution in [1.29, 1.82) is 0 Å². The predicted octanol–water partition coefficient (Wildman–Crippen LogP) is 2.51. The van der Waals surface area contributed by atoms with Gasteiger partial charge in [-0.25, -0.2) is 4.79 Å². The molecular formula is C16H27N3O2. The molecule has 1 heterocycles. The first kappa shape index (κ1) is 16.0. The summed E-state index contributed by atoms with van der Waals surface area (Å²) in [6.45, 7) is 7.53. The van der Waals surface area contributed by atoms with Crippen molar-refractivity contribution >= 4 is 5.97 Å². The molecule has 1 aromatic rings. The fourth-order valence-electron chi connectivity index (χ4n) is 3.03. The molecule has 3 unspecified atom stereocenters. The fraction of sp³-hybridized carbons (Fsp3) is 0.750. The molecule has 1 saturated carbocycles. The number of nitrogens with zero attached hydrogens (tertiary/aromatic N) is 2. The Morgan fingerprint density at radius 1 is 1.43 bits per heavy atom. The van der Waals surface area contributed by atoms with Gasteiger partial charge in [-0.15, -0.1) is 0 Å². The van der Waals surface area contributed by atoms with Crippen molar-refractivity contribution in [2.24, 2.45) is 18.9 Å². The number of rotatable bonds is 5. The summed E-state index contributed by atoms with van der Waals surface area (Å²) in [5, 5.41) is 7.77. The number of hydrogen-bond donors (Lipinski definition) is 1. The quantitative estimate of drug-likeness (QED) is 0.848. The molecule has 0 bridgehead atoms. The van der Waals surface area contributed by atoms with Crippen LogP contribution in [-0.2, 0) is 18.3 Å². The number of ether oxygens (including phenoxy) is 1. The summed E-state index contributed by atoms with van der Waals surface area (Å²) in [6, 6.07) is 0.529. The van der Waals surface area contributed by atoms with Crippen molar-refractivity contribution in [3.05, 3.63) is 17.5 Å². The van der Waals surface area contributed by atoms with Gasteiger partial charge < -0.3 is 10.1 Å². The molecular weight excluding hydrogens is 266 g/mol. The Morgan fingerprint density at radius 3 is 2.86 bits per heavy atom. The Balaban J connectivity index is 1.97. The fourth-order valence-corrected chi connectivity index (χ4v) is 3.03. The van der Waals surface area contributed by atoms with Gasteiger partial charge >= 0.3 is 5.97 Å². The topological polar surface area (TPSA) is 56.1 Å². The molecule has 5 nitrogen and oxygen atoms in total. The highest BCUT2D eigenvalue weighted by molar-refractivity contribution is 5.90. The van der Waals surface area contributed by atoms with Crippen molar-refractivity contribution in [2.75, 3.05) is 6.61 Å². The van der Waals surface area contributed by atoms with E-state index in [4.69, 9.17) is 4.74 Å². The molecule has 3 atom stereocenters. The molecule has 5 heteroatoms. The highest BCUT2D eigenvalue weighted by Crippen LogP contribution is 2.29. The zero-order chi connectivity index (χ0) is 15.4. The van der Waals surface area contributed by atoms with Crippen LogP contribution in [0.5, 0.6) is 0 Å². The molecule has 2 rings (SSSR count). The highest BCUT2D eigenvalue weighted by atomic mass is 16.5.